The molecule has 0 aromatic carbocycles. The van der Waals surface area contributed by atoms with Crippen LogP contribution in [0, 0.1) is 0 Å². The zero-order chi connectivity index (χ0) is 21.0. The maximum absolute atomic E-state index is 11.1. The normalized spacial score (nSPS) is 13.3. The van der Waals surface area contributed by atoms with E-state index in [4.69, 9.17) is 0 Å². The molecule has 29 heavy (non-hydrogen) atoms. The minimum Gasteiger partial charge on any atom is -0.493 e. The molecule has 0 bridgehead atoms. The Kier molecular flexibility index (Phi) is 14.8. The van der Waals surface area contributed by atoms with Crippen LogP contribution < -0.4 is 4.87 Å². The highest BCUT2D eigenvalue weighted by atomic mass is 32.1. The molecule has 0 atom stereocenters. The van der Waals surface area contributed by atoms with Crippen LogP contribution in [0.4, 0.5) is 0 Å². The van der Waals surface area contributed by atoms with Crippen LogP contribution >= 0.6 is 11.3 Å². The lowest BCUT2D eigenvalue weighted by molar-refractivity contribution is 0.455. The number of hydrogen-bond acceptors (Lipinski definition) is 3. The third-order valence-electron chi connectivity index (χ3n) is 3.79. The van der Waals surface area contributed by atoms with Crippen LogP contribution in [0.1, 0.15) is 56.7 Å². The summed E-state index contributed by atoms with van der Waals surface area (Å²) in [4.78, 5) is 13.7. The van der Waals surface area contributed by atoms with E-state index >= 15 is 0 Å². The first-order valence-corrected chi connectivity index (χ1v) is 11.0. The summed E-state index contributed by atoms with van der Waals surface area (Å²) in [6.45, 7) is 2.15. The van der Waals surface area contributed by atoms with Crippen LogP contribution in [0.3, 0.4) is 0 Å². The summed E-state index contributed by atoms with van der Waals surface area (Å²) in [6.07, 6.45) is 36.5. The molecular weight excluding hydrogens is 378 g/mol. The van der Waals surface area contributed by atoms with Crippen molar-refractivity contribution in [2.24, 2.45) is 0 Å². The number of thiazole rings is 1. The molecule has 2 N–H and O–H groups in total. The summed E-state index contributed by atoms with van der Waals surface area (Å²) >= 11 is 1.01. The number of allylic oxidation sites excluding steroid dienone is 13. The monoisotopic (exact) mass is 411 g/mol. The zero-order valence-corrected chi connectivity index (χ0v) is 18.1. The lowest BCUT2D eigenvalue weighted by atomic mass is 10.2. The molecule has 0 unspecified atom stereocenters. The predicted molar refractivity (Wildman–Crippen MR) is 128 cm³/mol. The number of aromatic nitrogens is 1. The Balaban J connectivity index is 2.03. The standard InChI is InChI=1S/C25H33NO2S/c1-2-3-4-5-6-7-8-9-10-11-12-13-14-15-16-17-18-19-20-21-22-23-24(27)26-25(28)29-23/h3-4,6-7,9-10,12-13,15-16,18-19,21-22,27H,2,5,8,11,14,17,20H2,1H3,(H,26,28)/b4-3?,7-6?,10-9?,13-12?,16-15?,19-18?,22-21+. The van der Waals surface area contributed by atoms with Crippen molar-refractivity contribution in [2.75, 3.05) is 0 Å². The summed E-state index contributed by atoms with van der Waals surface area (Å²) in [5, 5.41) is 9.45. The van der Waals surface area contributed by atoms with E-state index in [0.29, 0.717) is 4.88 Å². The van der Waals surface area contributed by atoms with Gasteiger partial charge in [-0.15, -0.1) is 0 Å². The van der Waals surface area contributed by atoms with Gasteiger partial charge in [0.2, 0.25) is 5.88 Å². The fraction of sp³-hybridized carbons (Fsp3) is 0.320. The molecule has 1 aromatic rings. The van der Waals surface area contributed by atoms with E-state index in [-0.39, 0.29) is 10.8 Å². The molecule has 1 aromatic heterocycles. The van der Waals surface area contributed by atoms with Gasteiger partial charge in [-0.05, 0) is 51.0 Å². The molecule has 0 aliphatic rings. The third kappa shape index (κ3) is 14.1. The number of rotatable bonds is 14. The van der Waals surface area contributed by atoms with Gasteiger partial charge in [-0.1, -0.05) is 97.2 Å². The first kappa shape index (κ1) is 24.4. The van der Waals surface area contributed by atoms with Gasteiger partial charge < -0.3 is 5.11 Å². The molecule has 3 nitrogen and oxygen atoms in total. The number of aromatic amines is 1. The Morgan fingerprint density at radius 1 is 0.690 bits per heavy atom. The molecule has 0 spiro atoms. The Labute approximate surface area is 178 Å². The average molecular weight is 412 g/mol. The van der Waals surface area contributed by atoms with Gasteiger partial charge in [0.1, 0.15) is 0 Å². The van der Waals surface area contributed by atoms with Gasteiger partial charge in [0.05, 0.1) is 4.88 Å². The molecule has 0 radical (unpaired) electrons. The van der Waals surface area contributed by atoms with Gasteiger partial charge in [0.15, 0.2) is 0 Å². The Hall–Kier alpha value is -2.59. The fourth-order valence-electron chi connectivity index (χ4n) is 2.32. The van der Waals surface area contributed by atoms with Crippen molar-refractivity contribution in [2.45, 2.75) is 51.9 Å². The van der Waals surface area contributed by atoms with Gasteiger partial charge in [-0.2, -0.15) is 0 Å². The zero-order valence-electron chi connectivity index (χ0n) is 17.3. The van der Waals surface area contributed by atoms with Gasteiger partial charge in [-0.3, -0.25) is 9.78 Å². The maximum Gasteiger partial charge on any atom is 0.307 e. The quantitative estimate of drug-likeness (QED) is 0.317. The van der Waals surface area contributed by atoms with E-state index in [1.54, 1.807) is 6.08 Å². The second-order valence-corrected chi connectivity index (χ2v) is 7.30. The van der Waals surface area contributed by atoms with Crippen molar-refractivity contribution < 1.29 is 5.11 Å². The molecule has 0 saturated carbocycles. The highest BCUT2D eigenvalue weighted by molar-refractivity contribution is 7.10. The van der Waals surface area contributed by atoms with Gasteiger partial charge in [0.25, 0.3) is 0 Å². The Bertz CT molecular complexity index is 801. The highest BCUT2D eigenvalue weighted by Crippen LogP contribution is 2.17. The van der Waals surface area contributed by atoms with E-state index in [9.17, 15) is 9.90 Å². The van der Waals surface area contributed by atoms with Crippen LogP contribution in [-0.4, -0.2) is 10.1 Å². The van der Waals surface area contributed by atoms with Crippen LogP contribution in [0.2, 0.25) is 0 Å². The largest absolute Gasteiger partial charge is 0.493 e. The van der Waals surface area contributed by atoms with E-state index in [0.717, 1.165) is 56.3 Å². The topological polar surface area (TPSA) is 53.1 Å². The van der Waals surface area contributed by atoms with Crippen molar-refractivity contribution in [3.05, 3.63) is 93.5 Å². The van der Waals surface area contributed by atoms with E-state index in [1.807, 2.05) is 6.08 Å². The number of aromatic hydroxyl groups is 1. The average Bonchev–Trinajstić information content (AvgIpc) is 3.03. The minimum absolute atomic E-state index is 0.0565. The Morgan fingerprint density at radius 3 is 1.41 bits per heavy atom. The smallest absolute Gasteiger partial charge is 0.307 e. The molecule has 1 rings (SSSR count). The molecule has 4 heteroatoms. The van der Waals surface area contributed by atoms with E-state index < -0.39 is 0 Å². The number of hydrogen-bond donors (Lipinski definition) is 2. The van der Waals surface area contributed by atoms with E-state index in [1.165, 1.54) is 0 Å². The van der Waals surface area contributed by atoms with Gasteiger partial charge in [0, 0.05) is 0 Å². The van der Waals surface area contributed by atoms with Gasteiger partial charge >= 0.3 is 4.87 Å². The van der Waals surface area contributed by atoms with Crippen molar-refractivity contribution in [3.63, 3.8) is 0 Å². The Morgan fingerprint density at radius 2 is 1.07 bits per heavy atom. The predicted octanol–water partition coefficient (Wildman–Crippen LogP) is 7.24. The lowest BCUT2D eigenvalue weighted by Crippen LogP contribution is -1.89. The molecular formula is C25H33NO2S. The van der Waals surface area contributed by atoms with Crippen molar-refractivity contribution in [3.8, 4) is 5.88 Å². The summed E-state index contributed by atoms with van der Waals surface area (Å²) < 4.78 is 0. The van der Waals surface area contributed by atoms with Crippen molar-refractivity contribution in [1.82, 2.24) is 4.98 Å². The van der Waals surface area contributed by atoms with E-state index in [2.05, 4.69) is 84.8 Å². The maximum atomic E-state index is 11.1. The second-order valence-electron chi connectivity index (χ2n) is 6.28. The first-order chi connectivity index (χ1) is 14.2. The SMILES string of the molecule is CCC=CCC=CCC=CCC=CCC=CCC=CC/C=C/c1sc(=O)[nH]c1O. The minimum atomic E-state index is -0.240. The summed E-state index contributed by atoms with van der Waals surface area (Å²) in [5.74, 6) is -0.0565. The highest BCUT2D eigenvalue weighted by Gasteiger charge is 2.00. The van der Waals surface area contributed by atoms with Crippen molar-refractivity contribution >= 4 is 17.4 Å². The van der Waals surface area contributed by atoms with Gasteiger partial charge in [-0.25, -0.2) is 0 Å². The molecule has 156 valence electrons. The second kappa shape index (κ2) is 17.5. The molecule has 0 amide bonds. The molecule has 0 fully saturated rings. The number of nitrogens with one attached hydrogen (secondary N) is 1. The van der Waals surface area contributed by atoms with Crippen LogP contribution in [0.25, 0.3) is 6.08 Å². The summed E-state index contributed by atoms with van der Waals surface area (Å²) in [5.41, 5.74) is 0. The molecule has 0 aliphatic carbocycles. The third-order valence-corrected chi connectivity index (χ3v) is 4.63. The van der Waals surface area contributed by atoms with Crippen LogP contribution in [-0.2, 0) is 0 Å². The molecule has 0 aliphatic heterocycles. The van der Waals surface area contributed by atoms with Crippen LogP contribution in [0.15, 0.2) is 83.8 Å². The van der Waals surface area contributed by atoms with Crippen molar-refractivity contribution in [1.29, 1.82) is 0 Å². The lowest BCUT2D eigenvalue weighted by Gasteiger charge is -1.87. The first-order valence-electron chi connectivity index (χ1n) is 10.2. The summed E-state index contributed by atoms with van der Waals surface area (Å²) in [6, 6.07) is 0. The molecule has 0 saturated heterocycles. The molecule has 1 heterocycles. The summed E-state index contributed by atoms with van der Waals surface area (Å²) in [7, 11) is 0. The number of H-pyrrole nitrogens is 1. The fourth-order valence-corrected chi connectivity index (χ4v) is 2.98. The van der Waals surface area contributed by atoms with Crippen LogP contribution in [0.5, 0.6) is 5.88 Å².